The zero-order valence-electron chi connectivity index (χ0n) is 11.1. The van der Waals surface area contributed by atoms with Gasteiger partial charge in [0.1, 0.15) is 6.10 Å². The molecule has 106 valence electrons. The highest BCUT2D eigenvalue weighted by Crippen LogP contribution is 2.34. The Balaban J connectivity index is 1.92. The molecule has 0 spiro atoms. The van der Waals surface area contributed by atoms with Crippen LogP contribution in [-0.2, 0) is 9.53 Å². The van der Waals surface area contributed by atoms with Gasteiger partial charge in [0, 0.05) is 16.1 Å². The highest BCUT2D eigenvalue weighted by molar-refractivity contribution is 9.10. The first-order valence-electron chi connectivity index (χ1n) is 6.56. The Morgan fingerprint density at radius 1 is 1.05 bits per heavy atom. The number of carbonyl (C=O) groups excluding carboxylic acids is 1. The summed E-state index contributed by atoms with van der Waals surface area (Å²) < 4.78 is 6.21. The summed E-state index contributed by atoms with van der Waals surface area (Å²) in [5, 5.41) is 10.5. The van der Waals surface area contributed by atoms with Crippen molar-refractivity contribution in [1.82, 2.24) is 0 Å². The summed E-state index contributed by atoms with van der Waals surface area (Å²) in [6.07, 6.45) is -0.126. The standard InChI is InChI=1S/C17H13BrO3/c18-13-8-6-12(7-9-13)16(20)17-14(10-15(19)21-17)11-4-2-1-3-5-11/h1-10,16-17,20H/t16-,17+/m1/s1. The fourth-order valence-electron chi connectivity index (χ4n) is 2.38. The van der Waals surface area contributed by atoms with Crippen molar-refractivity contribution < 1.29 is 14.6 Å². The van der Waals surface area contributed by atoms with Crippen LogP contribution in [0.5, 0.6) is 0 Å². The third-order valence-electron chi connectivity index (χ3n) is 3.43. The summed E-state index contributed by atoms with van der Waals surface area (Å²) >= 11 is 3.36. The molecule has 0 radical (unpaired) electrons. The Morgan fingerprint density at radius 2 is 1.71 bits per heavy atom. The first kappa shape index (κ1) is 14.0. The van der Waals surface area contributed by atoms with Gasteiger partial charge in [-0.3, -0.25) is 0 Å². The summed E-state index contributed by atoms with van der Waals surface area (Å²) in [7, 11) is 0. The fourth-order valence-corrected chi connectivity index (χ4v) is 2.64. The van der Waals surface area contributed by atoms with Gasteiger partial charge in [0.15, 0.2) is 6.10 Å². The molecule has 0 saturated heterocycles. The summed E-state index contributed by atoms with van der Waals surface area (Å²) in [4.78, 5) is 11.6. The highest BCUT2D eigenvalue weighted by atomic mass is 79.9. The van der Waals surface area contributed by atoms with E-state index in [0.717, 1.165) is 10.0 Å². The second-order valence-corrected chi connectivity index (χ2v) is 5.74. The van der Waals surface area contributed by atoms with Crippen LogP contribution in [0.15, 0.2) is 65.1 Å². The number of rotatable bonds is 3. The van der Waals surface area contributed by atoms with Gasteiger partial charge in [0.2, 0.25) is 0 Å². The Labute approximate surface area is 131 Å². The molecular formula is C17H13BrO3. The molecule has 0 bridgehead atoms. The highest BCUT2D eigenvalue weighted by Gasteiger charge is 2.34. The number of hydrogen-bond acceptors (Lipinski definition) is 3. The first-order valence-corrected chi connectivity index (χ1v) is 7.35. The number of benzene rings is 2. The molecular weight excluding hydrogens is 332 g/mol. The summed E-state index contributed by atoms with van der Waals surface area (Å²) in [5.74, 6) is -0.421. The van der Waals surface area contributed by atoms with E-state index in [1.54, 1.807) is 0 Å². The van der Waals surface area contributed by atoms with Gasteiger partial charge in [0.25, 0.3) is 0 Å². The van der Waals surface area contributed by atoms with Gasteiger partial charge in [-0.25, -0.2) is 4.79 Å². The van der Waals surface area contributed by atoms with E-state index in [4.69, 9.17) is 4.74 Å². The van der Waals surface area contributed by atoms with Gasteiger partial charge in [0.05, 0.1) is 0 Å². The van der Waals surface area contributed by atoms with Crippen molar-refractivity contribution in [3.8, 4) is 0 Å². The summed E-state index contributed by atoms with van der Waals surface area (Å²) in [5.41, 5.74) is 2.29. The predicted octanol–water partition coefficient (Wildman–Crippen LogP) is 3.49. The molecule has 1 N–H and O–H groups in total. The molecule has 2 aromatic rings. The van der Waals surface area contributed by atoms with Crippen LogP contribution in [0.3, 0.4) is 0 Å². The van der Waals surface area contributed by atoms with Gasteiger partial charge in [-0.2, -0.15) is 0 Å². The first-order chi connectivity index (χ1) is 10.1. The number of esters is 1. The topological polar surface area (TPSA) is 46.5 Å². The van der Waals surface area contributed by atoms with Gasteiger partial charge < -0.3 is 9.84 Å². The van der Waals surface area contributed by atoms with E-state index < -0.39 is 18.2 Å². The van der Waals surface area contributed by atoms with Crippen molar-refractivity contribution in [3.63, 3.8) is 0 Å². The zero-order chi connectivity index (χ0) is 14.8. The third kappa shape index (κ3) is 2.91. The minimum atomic E-state index is -0.893. The van der Waals surface area contributed by atoms with E-state index in [2.05, 4.69) is 15.9 Å². The number of hydrogen-bond donors (Lipinski definition) is 1. The van der Waals surface area contributed by atoms with E-state index in [-0.39, 0.29) is 0 Å². The maximum Gasteiger partial charge on any atom is 0.331 e. The van der Waals surface area contributed by atoms with Crippen molar-refractivity contribution >= 4 is 27.5 Å². The van der Waals surface area contributed by atoms with Crippen molar-refractivity contribution in [3.05, 3.63) is 76.3 Å². The predicted molar refractivity (Wildman–Crippen MR) is 83.4 cm³/mol. The third-order valence-corrected chi connectivity index (χ3v) is 3.96. The van der Waals surface area contributed by atoms with Crippen molar-refractivity contribution in [2.24, 2.45) is 0 Å². The number of ether oxygens (including phenoxy) is 1. The zero-order valence-corrected chi connectivity index (χ0v) is 12.7. The van der Waals surface area contributed by atoms with Crippen LogP contribution in [-0.4, -0.2) is 17.2 Å². The minimum absolute atomic E-state index is 0.421. The monoisotopic (exact) mass is 344 g/mol. The van der Waals surface area contributed by atoms with Gasteiger partial charge in [-0.15, -0.1) is 0 Å². The van der Waals surface area contributed by atoms with Gasteiger partial charge >= 0.3 is 5.97 Å². The lowest BCUT2D eigenvalue weighted by Crippen LogP contribution is -2.21. The molecule has 0 amide bonds. The Hall–Kier alpha value is -1.91. The van der Waals surface area contributed by atoms with E-state index in [9.17, 15) is 9.90 Å². The van der Waals surface area contributed by atoms with Gasteiger partial charge in [-0.1, -0.05) is 58.4 Å². The minimum Gasteiger partial charge on any atom is -0.451 e. The molecule has 0 unspecified atom stereocenters. The molecule has 1 heterocycles. The smallest absolute Gasteiger partial charge is 0.331 e. The van der Waals surface area contributed by atoms with Crippen molar-refractivity contribution in [2.75, 3.05) is 0 Å². The lowest BCUT2D eigenvalue weighted by atomic mass is 9.94. The molecule has 2 atom stereocenters. The molecule has 0 saturated carbocycles. The molecule has 1 aliphatic rings. The molecule has 1 aliphatic heterocycles. The van der Waals surface area contributed by atoms with Crippen LogP contribution in [0.1, 0.15) is 17.2 Å². The van der Waals surface area contributed by atoms with E-state index in [0.29, 0.717) is 11.1 Å². The van der Waals surface area contributed by atoms with Crippen LogP contribution in [0, 0.1) is 0 Å². The molecule has 0 aliphatic carbocycles. The maximum absolute atomic E-state index is 11.6. The average molecular weight is 345 g/mol. The van der Waals surface area contributed by atoms with Crippen LogP contribution >= 0.6 is 15.9 Å². The Kier molecular flexibility index (Phi) is 3.90. The van der Waals surface area contributed by atoms with Crippen LogP contribution in [0.25, 0.3) is 5.57 Å². The molecule has 0 fully saturated rings. The molecule has 3 rings (SSSR count). The second-order valence-electron chi connectivity index (χ2n) is 4.82. The number of aliphatic hydroxyl groups excluding tert-OH is 1. The molecule has 2 aromatic carbocycles. The largest absolute Gasteiger partial charge is 0.451 e. The summed E-state index contributed by atoms with van der Waals surface area (Å²) in [6, 6.07) is 16.8. The Bertz CT molecular complexity index is 677. The normalized spacial score (nSPS) is 19.0. The molecule has 4 heteroatoms. The lowest BCUT2D eigenvalue weighted by Gasteiger charge is -2.21. The number of cyclic esters (lactones) is 1. The fraction of sp³-hybridized carbons (Fsp3) is 0.118. The number of carbonyl (C=O) groups is 1. The summed E-state index contributed by atoms with van der Waals surface area (Å²) in [6.45, 7) is 0. The molecule has 3 nitrogen and oxygen atoms in total. The van der Waals surface area contributed by atoms with Crippen LogP contribution in [0.2, 0.25) is 0 Å². The van der Waals surface area contributed by atoms with Crippen molar-refractivity contribution in [1.29, 1.82) is 0 Å². The van der Waals surface area contributed by atoms with Gasteiger partial charge in [-0.05, 0) is 23.3 Å². The number of aliphatic hydroxyl groups is 1. The lowest BCUT2D eigenvalue weighted by molar-refractivity contribution is -0.142. The van der Waals surface area contributed by atoms with Crippen molar-refractivity contribution in [2.45, 2.75) is 12.2 Å². The number of halogens is 1. The van der Waals surface area contributed by atoms with E-state index in [1.165, 1.54) is 6.08 Å². The SMILES string of the molecule is O=C1C=C(c2ccccc2)[C@@H]([C@H](O)c2ccc(Br)cc2)O1. The van der Waals surface area contributed by atoms with E-state index >= 15 is 0 Å². The molecule has 21 heavy (non-hydrogen) atoms. The maximum atomic E-state index is 11.6. The quantitative estimate of drug-likeness (QED) is 0.867. The average Bonchev–Trinajstić information content (AvgIpc) is 2.90. The second kappa shape index (κ2) is 5.84. The van der Waals surface area contributed by atoms with E-state index in [1.807, 2.05) is 54.6 Å². The molecule has 0 aromatic heterocycles. The van der Waals surface area contributed by atoms with Crippen LogP contribution < -0.4 is 0 Å². The Morgan fingerprint density at radius 3 is 2.38 bits per heavy atom. The van der Waals surface area contributed by atoms with Crippen LogP contribution in [0.4, 0.5) is 0 Å².